The molecule has 2 nitrogen and oxygen atoms in total. The van der Waals surface area contributed by atoms with Crippen molar-refractivity contribution in [2.45, 2.75) is 25.7 Å². The molecule has 96 valence electrons. The van der Waals surface area contributed by atoms with Crippen molar-refractivity contribution >= 4 is 22.9 Å². The van der Waals surface area contributed by atoms with Crippen LogP contribution < -0.4 is 5.32 Å². The Bertz CT molecular complexity index is 319. The molecule has 0 saturated carbocycles. The van der Waals surface area contributed by atoms with Crippen LogP contribution in [-0.2, 0) is 6.42 Å². The fourth-order valence-electron chi connectivity index (χ4n) is 2.25. The summed E-state index contributed by atoms with van der Waals surface area (Å²) in [5, 5.41) is 3.44. The number of nitrogens with zero attached hydrogens (tertiary/aromatic N) is 1. The third kappa shape index (κ3) is 4.96. The summed E-state index contributed by atoms with van der Waals surface area (Å²) in [5.74, 6) is 0. The van der Waals surface area contributed by atoms with Crippen molar-refractivity contribution in [1.29, 1.82) is 0 Å². The van der Waals surface area contributed by atoms with E-state index in [4.69, 9.17) is 11.6 Å². The number of thiophene rings is 1. The molecule has 0 bridgehead atoms. The summed E-state index contributed by atoms with van der Waals surface area (Å²) in [5.41, 5.74) is 0. The fourth-order valence-corrected chi connectivity index (χ4v) is 3.38. The number of hydrogen-bond donors (Lipinski definition) is 1. The standard InChI is InChI=1S/C13H21ClN2S/c14-13-6-5-12(17-13)4-1-2-9-16-10-3-7-15-8-11-16/h5-6,15H,1-4,7-11H2. The maximum absolute atomic E-state index is 5.92. The first kappa shape index (κ1) is 13.3. The van der Waals surface area contributed by atoms with Gasteiger partial charge in [0.15, 0.2) is 0 Å². The molecule has 0 radical (unpaired) electrons. The summed E-state index contributed by atoms with van der Waals surface area (Å²) in [6, 6.07) is 4.16. The van der Waals surface area contributed by atoms with Gasteiger partial charge < -0.3 is 10.2 Å². The highest BCUT2D eigenvalue weighted by Gasteiger charge is 2.07. The molecule has 2 rings (SSSR count). The fraction of sp³-hybridized carbons (Fsp3) is 0.692. The van der Waals surface area contributed by atoms with E-state index < -0.39 is 0 Å². The first-order chi connectivity index (χ1) is 8.34. The van der Waals surface area contributed by atoms with Gasteiger partial charge in [-0.1, -0.05) is 11.6 Å². The molecule has 17 heavy (non-hydrogen) atoms. The molecule has 1 aromatic rings. The van der Waals surface area contributed by atoms with Crippen LogP contribution in [0.15, 0.2) is 12.1 Å². The Balaban J connectivity index is 1.59. The van der Waals surface area contributed by atoms with Crippen LogP contribution >= 0.6 is 22.9 Å². The Hall–Kier alpha value is -0.0900. The quantitative estimate of drug-likeness (QED) is 0.829. The molecule has 4 heteroatoms. The van der Waals surface area contributed by atoms with Gasteiger partial charge in [0, 0.05) is 18.0 Å². The molecule has 1 fully saturated rings. The summed E-state index contributed by atoms with van der Waals surface area (Å²) in [4.78, 5) is 4.01. The Morgan fingerprint density at radius 2 is 2.18 bits per heavy atom. The molecule has 1 aliphatic rings. The van der Waals surface area contributed by atoms with Crippen molar-refractivity contribution in [3.8, 4) is 0 Å². The van der Waals surface area contributed by atoms with Crippen molar-refractivity contribution in [2.75, 3.05) is 32.7 Å². The summed E-state index contributed by atoms with van der Waals surface area (Å²) >= 11 is 7.64. The van der Waals surface area contributed by atoms with Gasteiger partial charge >= 0.3 is 0 Å². The molecule has 1 saturated heterocycles. The topological polar surface area (TPSA) is 15.3 Å². The van der Waals surface area contributed by atoms with E-state index in [9.17, 15) is 0 Å². The molecular formula is C13H21ClN2S. The number of nitrogens with one attached hydrogen (secondary N) is 1. The molecule has 0 spiro atoms. The molecule has 1 aliphatic heterocycles. The Morgan fingerprint density at radius 1 is 1.24 bits per heavy atom. The Labute approximate surface area is 113 Å². The van der Waals surface area contributed by atoms with Crippen molar-refractivity contribution in [3.63, 3.8) is 0 Å². The smallest absolute Gasteiger partial charge is 0.0931 e. The van der Waals surface area contributed by atoms with Crippen LogP contribution in [0.2, 0.25) is 4.34 Å². The monoisotopic (exact) mass is 272 g/mol. The van der Waals surface area contributed by atoms with Gasteiger partial charge in [0.2, 0.25) is 0 Å². The number of hydrogen-bond acceptors (Lipinski definition) is 3. The SMILES string of the molecule is Clc1ccc(CCCCN2CCCNCC2)s1. The second kappa shape index (κ2) is 7.37. The van der Waals surface area contributed by atoms with E-state index in [2.05, 4.69) is 16.3 Å². The highest BCUT2D eigenvalue weighted by atomic mass is 35.5. The lowest BCUT2D eigenvalue weighted by Crippen LogP contribution is -2.29. The summed E-state index contributed by atoms with van der Waals surface area (Å²) < 4.78 is 0.915. The third-order valence-corrected chi connectivity index (χ3v) is 4.50. The average Bonchev–Trinajstić information content (AvgIpc) is 2.59. The van der Waals surface area contributed by atoms with Crippen LogP contribution in [0.1, 0.15) is 24.1 Å². The number of halogens is 1. The van der Waals surface area contributed by atoms with E-state index in [1.807, 2.05) is 6.07 Å². The summed E-state index contributed by atoms with van der Waals surface area (Å²) in [6.07, 6.45) is 5.06. The number of aryl methyl sites for hydroxylation is 1. The lowest BCUT2D eigenvalue weighted by molar-refractivity contribution is 0.286. The highest BCUT2D eigenvalue weighted by Crippen LogP contribution is 2.22. The van der Waals surface area contributed by atoms with E-state index in [1.54, 1.807) is 11.3 Å². The molecular weight excluding hydrogens is 252 g/mol. The average molecular weight is 273 g/mol. The minimum atomic E-state index is 0.915. The molecule has 1 aromatic heterocycles. The lowest BCUT2D eigenvalue weighted by Gasteiger charge is -2.18. The zero-order valence-electron chi connectivity index (χ0n) is 10.3. The second-order valence-electron chi connectivity index (χ2n) is 4.61. The van der Waals surface area contributed by atoms with Crippen LogP contribution in [-0.4, -0.2) is 37.6 Å². The zero-order chi connectivity index (χ0) is 11.9. The summed E-state index contributed by atoms with van der Waals surface area (Å²) in [7, 11) is 0. The maximum atomic E-state index is 5.92. The molecule has 0 aromatic carbocycles. The molecule has 0 amide bonds. The summed E-state index contributed by atoms with van der Waals surface area (Å²) in [6.45, 7) is 6.06. The molecule has 0 aliphatic carbocycles. The van der Waals surface area contributed by atoms with Crippen molar-refractivity contribution in [3.05, 3.63) is 21.3 Å². The van der Waals surface area contributed by atoms with Gasteiger partial charge in [-0.15, -0.1) is 11.3 Å². The largest absolute Gasteiger partial charge is 0.315 e. The predicted molar refractivity (Wildman–Crippen MR) is 76.2 cm³/mol. The van der Waals surface area contributed by atoms with Gasteiger partial charge in [-0.2, -0.15) is 0 Å². The second-order valence-corrected chi connectivity index (χ2v) is 6.41. The van der Waals surface area contributed by atoms with Crippen molar-refractivity contribution < 1.29 is 0 Å². The van der Waals surface area contributed by atoms with Gasteiger partial charge in [0.25, 0.3) is 0 Å². The molecule has 0 atom stereocenters. The van der Waals surface area contributed by atoms with Gasteiger partial charge in [-0.3, -0.25) is 0 Å². The van der Waals surface area contributed by atoms with Gasteiger partial charge in [0.1, 0.15) is 0 Å². The van der Waals surface area contributed by atoms with Gasteiger partial charge in [0.05, 0.1) is 4.34 Å². The van der Waals surface area contributed by atoms with Crippen LogP contribution in [0.25, 0.3) is 0 Å². The van der Waals surface area contributed by atoms with Crippen LogP contribution in [0, 0.1) is 0 Å². The normalized spacial score (nSPS) is 18.2. The first-order valence-electron chi connectivity index (χ1n) is 6.52. The van der Waals surface area contributed by atoms with E-state index in [0.29, 0.717) is 0 Å². The number of rotatable bonds is 5. The third-order valence-electron chi connectivity index (χ3n) is 3.21. The van der Waals surface area contributed by atoms with Crippen molar-refractivity contribution in [1.82, 2.24) is 10.2 Å². The van der Waals surface area contributed by atoms with Gasteiger partial charge in [-0.25, -0.2) is 0 Å². The minimum absolute atomic E-state index is 0.915. The zero-order valence-corrected chi connectivity index (χ0v) is 11.8. The first-order valence-corrected chi connectivity index (χ1v) is 7.71. The van der Waals surface area contributed by atoms with Crippen LogP contribution in [0.4, 0.5) is 0 Å². The molecule has 2 heterocycles. The van der Waals surface area contributed by atoms with E-state index >= 15 is 0 Å². The van der Waals surface area contributed by atoms with Crippen LogP contribution in [0.3, 0.4) is 0 Å². The van der Waals surface area contributed by atoms with E-state index in [1.165, 1.54) is 56.7 Å². The Kier molecular flexibility index (Phi) is 5.78. The van der Waals surface area contributed by atoms with E-state index in [0.717, 1.165) is 10.9 Å². The minimum Gasteiger partial charge on any atom is -0.315 e. The molecule has 1 N–H and O–H groups in total. The van der Waals surface area contributed by atoms with Crippen LogP contribution in [0.5, 0.6) is 0 Å². The Morgan fingerprint density at radius 3 is 3.00 bits per heavy atom. The maximum Gasteiger partial charge on any atom is 0.0931 e. The molecule has 0 unspecified atom stereocenters. The highest BCUT2D eigenvalue weighted by molar-refractivity contribution is 7.16. The van der Waals surface area contributed by atoms with Gasteiger partial charge in [-0.05, 0) is 57.5 Å². The predicted octanol–water partition coefficient (Wildman–Crippen LogP) is 3.02. The van der Waals surface area contributed by atoms with E-state index in [-0.39, 0.29) is 0 Å². The van der Waals surface area contributed by atoms with Crippen molar-refractivity contribution in [2.24, 2.45) is 0 Å². The number of unbranched alkanes of at least 4 members (excludes halogenated alkanes) is 1. The lowest BCUT2D eigenvalue weighted by atomic mass is 10.2.